The van der Waals surface area contributed by atoms with Gasteiger partial charge in [0.2, 0.25) is 0 Å². The van der Waals surface area contributed by atoms with Crippen molar-refractivity contribution in [3.63, 3.8) is 0 Å². The van der Waals surface area contributed by atoms with E-state index in [9.17, 15) is 4.79 Å². The number of benzene rings is 1. The molecule has 1 heterocycles. The van der Waals surface area contributed by atoms with E-state index in [0.29, 0.717) is 11.8 Å². The predicted octanol–water partition coefficient (Wildman–Crippen LogP) is 2.65. The minimum atomic E-state index is -0.290. The van der Waals surface area contributed by atoms with Gasteiger partial charge in [0.15, 0.2) is 0 Å². The average Bonchev–Trinajstić information content (AvgIpc) is 2.47. The molecule has 1 N–H and O–H groups in total. The number of rotatable bonds is 4. The maximum Gasteiger partial charge on any atom is 0.414 e. The van der Waals surface area contributed by atoms with E-state index in [1.54, 1.807) is 24.1 Å². The summed E-state index contributed by atoms with van der Waals surface area (Å²) in [6.07, 6.45) is 4.46. The maximum absolute atomic E-state index is 11.9. The van der Waals surface area contributed by atoms with E-state index >= 15 is 0 Å². The molecule has 1 atom stereocenters. The Bertz CT molecular complexity index is 388. The first-order valence-electron chi connectivity index (χ1n) is 6.97. The zero-order valence-electron chi connectivity index (χ0n) is 11.5. The standard InChI is InChI=1S/C15H22N2O2/c1-17(12-10-13-7-5-6-11-16-13)15(18)19-14-8-3-2-4-9-14/h2-4,8-9,13,16H,5-7,10-12H2,1H3. The Balaban J connectivity index is 1.73. The number of para-hydroxylation sites is 1. The van der Waals surface area contributed by atoms with E-state index in [1.807, 2.05) is 18.2 Å². The highest BCUT2D eigenvalue weighted by molar-refractivity contribution is 5.70. The van der Waals surface area contributed by atoms with Gasteiger partial charge in [-0.25, -0.2) is 4.79 Å². The quantitative estimate of drug-likeness (QED) is 0.907. The molecule has 0 aliphatic carbocycles. The summed E-state index contributed by atoms with van der Waals surface area (Å²) < 4.78 is 5.28. The zero-order valence-corrected chi connectivity index (χ0v) is 11.5. The van der Waals surface area contributed by atoms with Crippen molar-refractivity contribution in [2.24, 2.45) is 0 Å². The molecule has 1 amide bonds. The van der Waals surface area contributed by atoms with Gasteiger partial charge in [-0.3, -0.25) is 0 Å². The second-order valence-corrected chi connectivity index (χ2v) is 5.04. The summed E-state index contributed by atoms with van der Waals surface area (Å²) in [4.78, 5) is 13.5. The van der Waals surface area contributed by atoms with Crippen molar-refractivity contribution in [1.82, 2.24) is 10.2 Å². The molecule has 0 saturated carbocycles. The summed E-state index contributed by atoms with van der Waals surface area (Å²) in [6.45, 7) is 1.83. The van der Waals surface area contributed by atoms with E-state index in [1.165, 1.54) is 19.3 Å². The van der Waals surface area contributed by atoms with E-state index in [-0.39, 0.29) is 6.09 Å². The normalized spacial score (nSPS) is 18.9. The highest BCUT2D eigenvalue weighted by atomic mass is 16.6. The van der Waals surface area contributed by atoms with Gasteiger partial charge >= 0.3 is 6.09 Å². The van der Waals surface area contributed by atoms with E-state index in [4.69, 9.17) is 4.74 Å². The monoisotopic (exact) mass is 262 g/mol. The van der Waals surface area contributed by atoms with Crippen LogP contribution in [0, 0.1) is 0 Å². The van der Waals surface area contributed by atoms with Crippen LogP contribution >= 0.6 is 0 Å². The van der Waals surface area contributed by atoms with Crippen molar-refractivity contribution >= 4 is 6.09 Å². The molecular weight excluding hydrogens is 240 g/mol. The molecule has 1 unspecified atom stereocenters. The molecule has 19 heavy (non-hydrogen) atoms. The first-order valence-corrected chi connectivity index (χ1v) is 6.97. The van der Waals surface area contributed by atoms with Crippen LogP contribution in [0.15, 0.2) is 30.3 Å². The van der Waals surface area contributed by atoms with Crippen molar-refractivity contribution in [1.29, 1.82) is 0 Å². The van der Waals surface area contributed by atoms with Crippen LogP contribution in [0.1, 0.15) is 25.7 Å². The number of hydrogen-bond donors (Lipinski definition) is 1. The molecule has 0 spiro atoms. The first-order chi connectivity index (χ1) is 9.25. The molecule has 1 aliphatic rings. The minimum absolute atomic E-state index is 0.290. The molecule has 1 aromatic carbocycles. The molecular formula is C15H22N2O2. The van der Waals surface area contributed by atoms with Gasteiger partial charge in [-0.15, -0.1) is 0 Å². The van der Waals surface area contributed by atoms with Gasteiger partial charge in [0.05, 0.1) is 0 Å². The van der Waals surface area contributed by atoms with Gasteiger partial charge in [-0.2, -0.15) is 0 Å². The summed E-state index contributed by atoms with van der Waals surface area (Å²) in [5.41, 5.74) is 0. The number of carbonyl (C=O) groups is 1. The van der Waals surface area contributed by atoms with E-state index < -0.39 is 0 Å². The number of nitrogens with one attached hydrogen (secondary N) is 1. The van der Waals surface area contributed by atoms with Crippen LogP contribution < -0.4 is 10.1 Å². The number of carbonyl (C=O) groups excluding carboxylic acids is 1. The molecule has 1 aromatic rings. The molecule has 104 valence electrons. The van der Waals surface area contributed by atoms with Crippen molar-refractivity contribution in [3.8, 4) is 5.75 Å². The SMILES string of the molecule is CN(CCC1CCCCN1)C(=O)Oc1ccccc1. The summed E-state index contributed by atoms with van der Waals surface area (Å²) >= 11 is 0. The first kappa shape index (κ1) is 13.9. The van der Waals surface area contributed by atoms with Crippen LogP contribution in [0.3, 0.4) is 0 Å². The second kappa shape index (κ2) is 7.14. The fourth-order valence-corrected chi connectivity index (χ4v) is 2.28. The fourth-order valence-electron chi connectivity index (χ4n) is 2.28. The predicted molar refractivity (Wildman–Crippen MR) is 75.4 cm³/mol. The third-order valence-electron chi connectivity index (χ3n) is 3.49. The zero-order chi connectivity index (χ0) is 13.5. The van der Waals surface area contributed by atoms with Crippen molar-refractivity contribution in [2.75, 3.05) is 20.1 Å². The van der Waals surface area contributed by atoms with Gasteiger partial charge in [-0.1, -0.05) is 24.6 Å². The van der Waals surface area contributed by atoms with Crippen LogP contribution in [0.5, 0.6) is 5.75 Å². The molecule has 0 radical (unpaired) electrons. The largest absolute Gasteiger partial charge is 0.414 e. The fraction of sp³-hybridized carbons (Fsp3) is 0.533. The van der Waals surface area contributed by atoms with Crippen LogP contribution in [-0.2, 0) is 0 Å². The number of amides is 1. The highest BCUT2D eigenvalue weighted by Gasteiger charge is 2.16. The van der Waals surface area contributed by atoms with Gasteiger partial charge in [0, 0.05) is 19.6 Å². The molecule has 1 saturated heterocycles. The Labute approximate surface area is 114 Å². The number of ether oxygens (including phenoxy) is 1. The van der Waals surface area contributed by atoms with E-state index in [0.717, 1.165) is 19.5 Å². The molecule has 0 aromatic heterocycles. The Morgan fingerprint density at radius 2 is 2.16 bits per heavy atom. The minimum Gasteiger partial charge on any atom is -0.410 e. The molecule has 2 rings (SSSR count). The third kappa shape index (κ3) is 4.56. The summed E-state index contributed by atoms with van der Waals surface area (Å²) in [5.74, 6) is 0.593. The maximum atomic E-state index is 11.9. The van der Waals surface area contributed by atoms with Crippen molar-refractivity contribution in [2.45, 2.75) is 31.7 Å². The molecule has 1 aliphatic heterocycles. The Hall–Kier alpha value is -1.55. The molecule has 4 nitrogen and oxygen atoms in total. The van der Waals surface area contributed by atoms with Gasteiger partial charge in [0.25, 0.3) is 0 Å². The van der Waals surface area contributed by atoms with Crippen LogP contribution in [-0.4, -0.2) is 37.2 Å². The lowest BCUT2D eigenvalue weighted by molar-refractivity contribution is 0.160. The Morgan fingerprint density at radius 1 is 1.37 bits per heavy atom. The van der Waals surface area contributed by atoms with Crippen LogP contribution in [0.25, 0.3) is 0 Å². The smallest absolute Gasteiger partial charge is 0.410 e. The highest BCUT2D eigenvalue weighted by Crippen LogP contribution is 2.12. The molecule has 0 bridgehead atoms. The number of nitrogens with zero attached hydrogens (tertiary/aromatic N) is 1. The summed E-state index contributed by atoms with van der Waals surface area (Å²) in [5, 5.41) is 3.48. The second-order valence-electron chi connectivity index (χ2n) is 5.04. The lowest BCUT2D eigenvalue weighted by Gasteiger charge is -2.25. The number of piperidine rings is 1. The third-order valence-corrected chi connectivity index (χ3v) is 3.49. The number of hydrogen-bond acceptors (Lipinski definition) is 3. The Morgan fingerprint density at radius 3 is 2.84 bits per heavy atom. The topological polar surface area (TPSA) is 41.6 Å². The van der Waals surface area contributed by atoms with Gasteiger partial charge < -0.3 is 15.0 Å². The average molecular weight is 262 g/mol. The van der Waals surface area contributed by atoms with Crippen LogP contribution in [0.4, 0.5) is 4.79 Å². The summed E-state index contributed by atoms with van der Waals surface area (Å²) in [7, 11) is 1.79. The van der Waals surface area contributed by atoms with Crippen molar-refractivity contribution in [3.05, 3.63) is 30.3 Å². The molecule has 4 heteroatoms. The molecule has 1 fully saturated rings. The summed E-state index contributed by atoms with van der Waals surface area (Å²) in [6, 6.07) is 9.72. The van der Waals surface area contributed by atoms with E-state index in [2.05, 4.69) is 5.32 Å². The van der Waals surface area contributed by atoms with Crippen molar-refractivity contribution < 1.29 is 9.53 Å². The van der Waals surface area contributed by atoms with Crippen LogP contribution in [0.2, 0.25) is 0 Å². The Kier molecular flexibility index (Phi) is 5.21. The van der Waals surface area contributed by atoms with Gasteiger partial charge in [-0.05, 0) is 37.9 Å². The van der Waals surface area contributed by atoms with Gasteiger partial charge in [0.1, 0.15) is 5.75 Å². The lowest BCUT2D eigenvalue weighted by Crippen LogP contribution is -2.38. The lowest BCUT2D eigenvalue weighted by atomic mass is 10.0.